The third-order valence-corrected chi connectivity index (χ3v) is 6.77. The van der Waals surface area contributed by atoms with Gasteiger partial charge in [0.2, 0.25) is 11.8 Å². The predicted octanol–water partition coefficient (Wildman–Crippen LogP) is 1.43. The second kappa shape index (κ2) is 12.4. The molecule has 4 N–H and O–H groups in total. The molecule has 2 fully saturated rings. The van der Waals surface area contributed by atoms with Gasteiger partial charge in [0.25, 0.3) is 0 Å². The molecule has 2 aliphatic rings. The molecule has 27 heavy (non-hydrogen) atoms. The van der Waals surface area contributed by atoms with E-state index in [0.29, 0.717) is 18.2 Å². The summed E-state index contributed by atoms with van der Waals surface area (Å²) in [4.78, 5) is 34.2. The average Bonchev–Trinajstić information content (AvgIpc) is 3.20. The zero-order valence-corrected chi connectivity index (χ0v) is 17.5. The highest BCUT2D eigenvalue weighted by molar-refractivity contribution is 8.00. The summed E-state index contributed by atoms with van der Waals surface area (Å²) < 4.78 is 0. The van der Waals surface area contributed by atoms with Crippen molar-refractivity contribution in [3.05, 3.63) is 0 Å². The number of carbonyl (C=O) groups excluding carboxylic acids is 3. The molecule has 0 spiro atoms. The van der Waals surface area contributed by atoms with Gasteiger partial charge in [0.1, 0.15) is 0 Å². The first-order valence-corrected chi connectivity index (χ1v) is 11.6. The van der Waals surface area contributed by atoms with Gasteiger partial charge in [0, 0.05) is 30.5 Å². The lowest BCUT2D eigenvalue weighted by molar-refractivity contribution is -0.121. The minimum Gasteiger partial charge on any atom is -0.356 e. The summed E-state index contributed by atoms with van der Waals surface area (Å²) in [6, 6.07) is 0.481. The van der Waals surface area contributed by atoms with Crippen molar-refractivity contribution in [2.45, 2.75) is 68.7 Å². The van der Waals surface area contributed by atoms with Crippen LogP contribution in [0.25, 0.3) is 0 Å². The van der Waals surface area contributed by atoms with Crippen LogP contribution in [-0.2, 0) is 9.59 Å². The van der Waals surface area contributed by atoms with Crippen LogP contribution in [0.2, 0.25) is 0 Å². The average molecular weight is 417 g/mol. The molecule has 0 aromatic rings. The molecule has 0 aliphatic carbocycles. The van der Waals surface area contributed by atoms with Crippen LogP contribution in [0.3, 0.4) is 0 Å². The second-order valence-corrected chi connectivity index (χ2v) is 8.73. The molecule has 2 aliphatic heterocycles. The number of nitrogens with one attached hydrogen (secondary N) is 4. The van der Waals surface area contributed by atoms with Gasteiger partial charge >= 0.3 is 6.03 Å². The quantitative estimate of drug-likeness (QED) is 0.178. The summed E-state index contributed by atoms with van der Waals surface area (Å²) in [5, 5.41) is 12.2. The van der Waals surface area contributed by atoms with Crippen LogP contribution in [0, 0.1) is 0 Å². The van der Waals surface area contributed by atoms with Crippen molar-refractivity contribution < 1.29 is 14.4 Å². The SMILES string of the molecule is O=C(CS)NCCCCCCNC(=O)CCCC[C@@H]1SC[C@@H]2NC(=O)N[C@@H]21. The first-order valence-electron chi connectivity index (χ1n) is 9.93. The molecule has 0 radical (unpaired) electrons. The van der Waals surface area contributed by atoms with Gasteiger partial charge in [0.05, 0.1) is 17.8 Å². The number of urea groups is 1. The van der Waals surface area contributed by atoms with Gasteiger partial charge in [-0.05, 0) is 25.7 Å². The Hall–Kier alpha value is -1.09. The lowest BCUT2D eigenvalue weighted by Crippen LogP contribution is -2.36. The Balaban J connectivity index is 1.39. The van der Waals surface area contributed by atoms with Crippen LogP contribution in [0.15, 0.2) is 0 Å². The predicted molar refractivity (Wildman–Crippen MR) is 112 cm³/mol. The van der Waals surface area contributed by atoms with E-state index < -0.39 is 0 Å². The number of thioether (sulfide) groups is 1. The molecule has 154 valence electrons. The van der Waals surface area contributed by atoms with E-state index in [9.17, 15) is 14.4 Å². The van der Waals surface area contributed by atoms with Crippen LogP contribution in [0.4, 0.5) is 4.79 Å². The number of unbranched alkanes of at least 4 members (excludes halogenated alkanes) is 4. The Bertz CT molecular complexity index is 507. The van der Waals surface area contributed by atoms with E-state index in [2.05, 4.69) is 33.9 Å². The first-order chi connectivity index (χ1) is 13.1. The van der Waals surface area contributed by atoms with Crippen molar-refractivity contribution in [2.75, 3.05) is 24.6 Å². The highest BCUT2D eigenvalue weighted by Crippen LogP contribution is 2.33. The van der Waals surface area contributed by atoms with Gasteiger partial charge in [-0.25, -0.2) is 4.79 Å². The molecular formula is C18H32N4O3S2. The molecule has 2 saturated heterocycles. The van der Waals surface area contributed by atoms with E-state index >= 15 is 0 Å². The van der Waals surface area contributed by atoms with E-state index in [-0.39, 0.29) is 35.7 Å². The molecule has 0 aromatic heterocycles. The van der Waals surface area contributed by atoms with Crippen molar-refractivity contribution in [2.24, 2.45) is 0 Å². The molecule has 0 aromatic carbocycles. The molecule has 3 atom stereocenters. The molecular weight excluding hydrogens is 384 g/mol. The summed E-state index contributed by atoms with van der Waals surface area (Å²) in [5.74, 6) is 1.32. The third-order valence-electron chi connectivity index (χ3n) is 4.97. The van der Waals surface area contributed by atoms with Crippen LogP contribution >= 0.6 is 24.4 Å². The van der Waals surface area contributed by atoms with Gasteiger partial charge in [-0.3, -0.25) is 9.59 Å². The Labute approximate surface area is 171 Å². The van der Waals surface area contributed by atoms with Gasteiger partial charge in [0.15, 0.2) is 0 Å². The Morgan fingerprint density at radius 1 is 1.00 bits per heavy atom. The molecule has 7 nitrogen and oxygen atoms in total. The number of fused-ring (bicyclic) bond motifs is 1. The van der Waals surface area contributed by atoms with Crippen molar-refractivity contribution in [3.63, 3.8) is 0 Å². The highest BCUT2D eigenvalue weighted by atomic mass is 32.2. The monoisotopic (exact) mass is 416 g/mol. The molecule has 4 amide bonds. The normalized spacial score (nSPS) is 23.4. The van der Waals surface area contributed by atoms with Crippen molar-refractivity contribution >= 4 is 42.2 Å². The molecule has 0 unspecified atom stereocenters. The number of amides is 4. The number of carbonyl (C=O) groups is 3. The molecule has 2 heterocycles. The molecule has 2 rings (SSSR count). The van der Waals surface area contributed by atoms with Gasteiger partial charge in [-0.1, -0.05) is 19.3 Å². The zero-order chi connectivity index (χ0) is 19.5. The minimum absolute atomic E-state index is 0.0263. The summed E-state index contributed by atoms with van der Waals surface area (Å²) >= 11 is 5.82. The Morgan fingerprint density at radius 2 is 1.70 bits per heavy atom. The fourth-order valence-corrected chi connectivity index (χ4v) is 5.13. The van der Waals surface area contributed by atoms with E-state index in [0.717, 1.165) is 57.2 Å². The van der Waals surface area contributed by atoms with Crippen LogP contribution < -0.4 is 21.3 Å². The van der Waals surface area contributed by atoms with Crippen molar-refractivity contribution in [1.29, 1.82) is 0 Å². The van der Waals surface area contributed by atoms with Crippen LogP contribution in [0.1, 0.15) is 51.4 Å². The second-order valence-electron chi connectivity index (χ2n) is 7.14. The number of thiol groups is 1. The third kappa shape index (κ3) is 8.21. The molecule has 0 saturated carbocycles. The maximum Gasteiger partial charge on any atom is 0.315 e. The lowest BCUT2D eigenvalue weighted by atomic mass is 10.0. The smallest absolute Gasteiger partial charge is 0.315 e. The van der Waals surface area contributed by atoms with Gasteiger partial charge < -0.3 is 21.3 Å². The number of hydrogen-bond acceptors (Lipinski definition) is 5. The summed E-state index contributed by atoms with van der Waals surface area (Å²) in [6.45, 7) is 1.42. The largest absolute Gasteiger partial charge is 0.356 e. The zero-order valence-electron chi connectivity index (χ0n) is 15.8. The van der Waals surface area contributed by atoms with Crippen LogP contribution in [-0.4, -0.2) is 59.8 Å². The number of rotatable bonds is 13. The first kappa shape index (κ1) is 22.2. The Morgan fingerprint density at radius 3 is 2.41 bits per heavy atom. The van der Waals surface area contributed by atoms with Crippen molar-refractivity contribution in [1.82, 2.24) is 21.3 Å². The van der Waals surface area contributed by atoms with Crippen molar-refractivity contribution in [3.8, 4) is 0 Å². The maximum absolute atomic E-state index is 11.9. The molecule has 0 bridgehead atoms. The lowest BCUT2D eigenvalue weighted by Gasteiger charge is -2.16. The topological polar surface area (TPSA) is 99.3 Å². The number of hydrogen-bond donors (Lipinski definition) is 5. The summed E-state index contributed by atoms with van der Waals surface area (Å²) in [7, 11) is 0. The van der Waals surface area contributed by atoms with E-state index in [1.54, 1.807) is 0 Å². The van der Waals surface area contributed by atoms with Gasteiger partial charge in [-0.15, -0.1) is 0 Å². The van der Waals surface area contributed by atoms with Crippen LogP contribution in [0.5, 0.6) is 0 Å². The van der Waals surface area contributed by atoms with Gasteiger partial charge in [-0.2, -0.15) is 24.4 Å². The summed E-state index contributed by atoms with van der Waals surface area (Å²) in [6.07, 6.45) is 7.57. The maximum atomic E-state index is 11.9. The standard InChI is InChI=1S/C18H32N4O3S2/c23-15(19-9-5-1-2-6-10-20-16(24)11-26)8-4-3-7-14-17-13(12-27-14)21-18(25)22-17/h13-14,17,26H,1-12H2,(H,19,23)(H,20,24)(H2,21,22,25)/t13-,14-,17-/m0/s1. The summed E-state index contributed by atoms with van der Waals surface area (Å²) in [5.41, 5.74) is 0. The molecule has 9 heteroatoms. The fourth-order valence-electron chi connectivity index (χ4n) is 3.48. The highest BCUT2D eigenvalue weighted by Gasteiger charge is 2.42. The fraction of sp³-hybridized carbons (Fsp3) is 0.833. The van der Waals surface area contributed by atoms with E-state index in [1.165, 1.54) is 0 Å². The minimum atomic E-state index is -0.0444. The Kier molecular flexibility index (Phi) is 10.2. The van der Waals surface area contributed by atoms with E-state index in [1.807, 2.05) is 11.8 Å². The van der Waals surface area contributed by atoms with E-state index in [4.69, 9.17) is 0 Å².